The smallest absolute Gasteiger partial charge is 0.226 e. The molecule has 1 amide bonds. The SMILES string of the molecule is O=C(CC1(O)CCCC1)N1Cc2ccccc2-c2ccccc2C1. The van der Waals surface area contributed by atoms with Crippen LogP contribution in [0.2, 0.25) is 0 Å². The van der Waals surface area contributed by atoms with Gasteiger partial charge >= 0.3 is 0 Å². The minimum atomic E-state index is -0.789. The summed E-state index contributed by atoms with van der Waals surface area (Å²) in [6, 6.07) is 16.6. The van der Waals surface area contributed by atoms with Gasteiger partial charge in [-0.2, -0.15) is 0 Å². The van der Waals surface area contributed by atoms with Gasteiger partial charge in [0, 0.05) is 13.1 Å². The Kier molecular flexibility index (Phi) is 3.89. The molecule has 1 saturated carbocycles. The van der Waals surface area contributed by atoms with Crippen molar-refractivity contribution >= 4 is 5.91 Å². The van der Waals surface area contributed by atoms with E-state index in [1.54, 1.807) is 0 Å². The Morgan fingerprint density at radius 2 is 1.42 bits per heavy atom. The lowest BCUT2D eigenvalue weighted by atomic mass is 9.97. The second kappa shape index (κ2) is 6.06. The summed E-state index contributed by atoms with van der Waals surface area (Å²) in [5.41, 5.74) is 3.98. The van der Waals surface area contributed by atoms with Crippen molar-refractivity contribution in [2.24, 2.45) is 0 Å². The van der Waals surface area contributed by atoms with Crippen LogP contribution in [0.5, 0.6) is 0 Å². The van der Waals surface area contributed by atoms with Crippen molar-refractivity contribution in [3.05, 3.63) is 59.7 Å². The van der Waals surface area contributed by atoms with Gasteiger partial charge in [0.2, 0.25) is 5.91 Å². The molecular weight excluding hydrogens is 298 g/mol. The van der Waals surface area contributed by atoms with Crippen LogP contribution in [-0.4, -0.2) is 21.5 Å². The van der Waals surface area contributed by atoms with E-state index in [-0.39, 0.29) is 12.3 Å². The van der Waals surface area contributed by atoms with E-state index in [2.05, 4.69) is 24.3 Å². The highest BCUT2D eigenvalue weighted by Crippen LogP contribution is 2.35. The van der Waals surface area contributed by atoms with Gasteiger partial charge in [-0.3, -0.25) is 4.79 Å². The van der Waals surface area contributed by atoms with Crippen LogP contribution in [0.25, 0.3) is 11.1 Å². The van der Waals surface area contributed by atoms with Crippen LogP contribution < -0.4 is 0 Å². The summed E-state index contributed by atoms with van der Waals surface area (Å²) in [7, 11) is 0. The Labute approximate surface area is 142 Å². The van der Waals surface area contributed by atoms with Gasteiger partial charge in [-0.1, -0.05) is 61.4 Å². The molecule has 3 heteroatoms. The number of fused-ring (bicyclic) bond motifs is 3. The first-order valence-electron chi connectivity index (χ1n) is 8.81. The Morgan fingerprint density at radius 1 is 0.917 bits per heavy atom. The molecule has 24 heavy (non-hydrogen) atoms. The predicted octanol–water partition coefficient (Wildman–Crippen LogP) is 3.89. The lowest BCUT2D eigenvalue weighted by Crippen LogP contribution is -2.37. The van der Waals surface area contributed by atoms with Crippen molar-refractivity contribution in [2.45, 2.75) is 50.8 Å². The van der Waals surface area contributed by atoms with E-state index in [9.17, 15) is 9.90 Å². The van der Waals surface area contributed by atoms with Crippen molar-refractivity contribution < 1.29 is 9.90 Å². The molecule has 1 aliphatic carbocycles. The Morgan fingerprint density at radius 3 is 1.96 bits per heavy atom. The molecular formula is C21H23NO2. The highest BCUT2D eigenvalue weighted by Gasteiger charge is 2.35. The van der Waals surface area contributed by atoms with E-state index in [4.69, 9.17) is 0 Å². The highest BCUT2D eigenvalue weighted by molar-refractivity contribution is 5.80. The molecule has 124 valence electrons. The quantitative estimate of drug-likeness (QED) is 0.911. The molecule has 0 saturated heterocycles. The monoisotopic (exact) mass is 321 g/mol. The van der Waals surface area contributed by atoms with Crippen LogP contribution in [-0.2, 0) is 17.9 Å². The predicted molar refractivity (Wildman–Crippen MR) is 94.2 cm³/mol. The maximum Gasteiger partial charge on any atom is 0.226 e. The van der Waals surface area contributed by atoms with Crippen LogP contribution in [0, 0.1) is 0 Å². The first-order chi connectivity index (χ1) is 11.6. The van der Waals surface area contributed by atoms with Crippen molar-refractivity contribution in [3.63, 3.8) is 0 Å². The second-order valence-electron chi connectivity index (χ2n) is 7.17. The Balaban J connectivity index is 1.66. The van der Waals surface area contributed by atoms with E-state index in [1.165, 1.54) is 22.3 Å². The van der Waals surface area contributed by atoms with Crippen molar-refractivity contribution in [2.75, 3.05) is 0 Å². The summed E-state index contributed by atoms with van der Waals surface area (Å²) in [4.78, 5) is 14.8. The fourth-order valence-corrected chi connectivity index (χ4v) is 4.09. The highest BCUT2D eigenvalue weighted by atomic mass is 16.3. The summed E-state index contributed by atoms with van der Waals surface area (Å²) in [5.74, 6) is 0.0610. The average Bonchev–Trinajstić information content (AvgIpc) is 2.93. The fourth-order valence-electron chi connectivity index (χ4n) is 4.09. The third kappa shape index (κ3) is 2.84. The van der Waals surface area contributed by atoms with E-state index < -0.39 is 5.60 Å². The maximum absolute atomic E-state index is 12.9. The van der Waals surface area contributed by atoms with Gasteiger partial charge in [-0.15, -0.1) is 0 Å². The normalized spacial score (nSPS) is 18.6. The number of carbonyl (C=O) groups is 1. The van der Waals surface area contributed by atoms with E-state index in [0.29, 0.717) is 13.1 Å². The number of hydrogen-bond donors (Lipinski definition) is 1. The van der Waals surface area contributed by atoms with Crippen LogP contribution in [0.4, 0.5) is 0 Å². The van der Waals surface area contributed by atoms with Gasteiger partial charge < -0.3 is 10.0 Å². The number of aliphatic hydroxyl groups is 1. The minimum Gasteiger partial charge on any atom is -0.389 e. The Hall–Kier alpha value is -2.13. The van der Waals surface area contributed by atoms with Gasteiger partial charge in [-0.25, -0.2) is 0 Å². The number of carbonyl (C=O) groups excluding carboxylic acids is 1. The zero-order chi connectivity index (χ0) is 16.6. The fraction of sp³-hybridized carbons (Fsp3) is 0.381. The van der Waals surface area contributed by atoms with Crippen molar-refractivity contribution in [1.29, 1.82) is 0 Å². The molecule has 0 bridgehead atoms. The molecule has 0 aromatic heterocycles. The summed E-state index contributed by atoms with van der Waals surface area (Å²) in [6.07, 6.45) is 3.79. The van der Waals surface area contributed by atoms with Crippen molar-refractivity contribution in [1.82, 2.24) is 4.90 Å². The largest absolute Gasteiger partial charge is 0.389 e. The number of rotatable bonds is 2. The molecule has 0 atom stereocenters. The molecule has 4 rings (SSSR count). The molecule has 1 heterocycles. The second-order valence-corrected chi connectivity index (χ2v) is 7.17. The molecule has 3 nitrogen and oxygen atoms in total. The lowest BCUT2D eigenvalue weighted by molar-refractivity contribution is -0.137. The van der Waals surface area contributed by atoms with Crippen molar-refractivity contribution in [3.8, 4) is 11.1 Å². The topological polar surface area (TPSA) is 40.5 Å². The molecule has 1 aliphatic heterocycles. The molecule has 2 aliphatic rings. The maximum atomic E-state index is 12.9. The average molecular weight is 321 g/mol. The van der Waals surface area contributed by atoms with E-state index >= 15 is 0 Å². The Bertz CT molecular complexity index is 714. The molecule has 2 aromatic rings. The summed E-state index contributed by atoms with van der Waals surface area (Å²) in [6.45, 7) is 1.22. The molecule has 1 fully saturated rings. The molecule has 2 aromatic carbocycles. The van der Waals surface area contributed by atoms with Crippen LogP contribution in [0.15, 0.2) is 48.5 Å². The van der Waals surface area contributed by atoms with Gasteiger partial charge in [0.05, 0.1) is 12.0 Å². The van der Waals surface area contributed by atoms with E-state index in [0.717, 1.165) is 25.7 Å². The number of amides is 1. The summed E-state index contributed by atoms with van der Waals surface area (Å²) < 4.78 is 0. The summed E-state index contributed by atoms with van der Waals surface area (Å²) >= 11 is 0. The van der Waals surface area contributed by atoms with Gasteiger partial charge in [0.25, 0.3) is 0 Å². The van der Waals surface area contributed by atoms with E-state index in [1.807, 2.05) is 29.2 Å². The zero-order valence-corrected chi connectivity index (χ0v) is 13.9. The molecule has 0 unspecified atom stereocenters. The third-order valence-corrected chi connectivity index (χ3v) is 5.41. The molecule has 0 spiro atoms. The number of benzene rings is 2. The third-order valence-electron chi connectivity index (χ3n) is 5.41. The van der Waals surface area contributed by atoms with Crippen LogP contribution in [0.3, 0.4) is 0 Å². The van der Waals surface area contributed by atoms with Crippen LogP contribution in [0.1, 0.15) is 43.2 Å². The molecule has 0 radical (unpaired) electrons. The lowest BCUT2D eigenvalue weighted by Gasteiger charge is -2.27. The number of hydrogen-bond acceptors (Lipinski definition) is 2. The number of nitrogens with zero attached hydrogens (tertiary/aromatic N) is 1. The van der Waals surface area contributed by atoms with Gasteiger partial charge in [-0.05, 0) is 35.1 Å². The van der Waals surface area contributed by atoms with Gasteiger partial charge in [0.1, 0.15) is 0 Å². The zero-order valence-electron chi connectivity index (χ0n) is 13.9. The van der Waals surface area contributed by atoms with Crippen LogP contribution >= 0.6 is 0 Å². The minimum absolute atomic E-state index is 0.0610. The standard InChI is InChI=1S/C21H23NO2/c23-20(13-21(24)11-5-6-12-21)22-14-16-7-1-3-9-18(16)19-10-4-2-8-17(19)15-22/h1-4,7-10,24H,5-6,11-15H2. The first-order valence-corrected chi connectivity index (χ1v) is 8.81. The first kappa shape index (κ1) is 15.4. The molecule has 1 N–H and O–H groups in total. The summed E-state index contributed by atoms with van der Waals surface area (Å²) in [5, 5.41) is 10.6. The van der Waals surface area contributed by atoms with Gasteiger partial charge in [0.15, 0.2) is 0 Å².